The lowest BCUT2D eigenvalue weighted by molar-refractivity contribution is 0.0950. The Morgan fingerprint density at radius 1 is 1.33 bits per heavy atom. The molecule has 6 nitrogen and oxygen atoms in total. The molecule has 2 N–H and O–H groups in total. The number of thiophene rings is 1. The van der Waals surface area contributed by atoms with Crippen LogP contribution in [-0.4, -0.2) is 40.8 Å². The van der Waals surface area contributed by atoms with Crippen LogP contribution in [-0.2, 0) is 0 Å². The van der Waals surface area contributed by atoms with Gasteiger partial charge in [0.25, 0.3) is 5.91 Å². The van der Waals surface area contributed by atoms with Crippen molar-refractivity contribution in [1.29, 1.82) is 0 Å². The first-order valence-corrected chi connectivity index (χ1v) is 11.1. The van der Waals surface area contributed by atoms with Crippen molar-refractivity contribution in [3.05, 3.63) is 70.6 Å². The zero-order valence-electron chi connectivity index (χ0n) is 18.4. The second kappa shape index (κ2) is 12.0. The highest BCUT2D eigenvalue weighted by Crippen LogP contribution is 2.21. The average molecular weight is 426 g/mol. The molecule has 30 heavy (non-hydrogen) atoms. The lowest BCUT2D eigenvalue weighted by atomic mass is 10.2. The van der Waals surface area contributed by atoms with E-state index in [4.69, 9.17) is 0 Å². The van der Waals surface area contributed by atoms with Gasteiger partial charge >= 0.3 is 0 Å². The number of hydrogen-bond acceptors (Lipinski definition) is 6. The monoisotopic (exact) mass is 425 g/mol. The smallest absolute Gasteiger partial charge is 0.272 e. The Morgan fingerprint density at radius 3 is 2.83 bits per heavy atom. The molecule has 0 saturated carbocycles. The van der Waals surface area contributed by atoms with Crippen LogP contribution in [0.5, 0.6) is 0 Å². The standard InChI is InChI=1S/C21H25N5OS.C2H6/c1-15(13-23-18-7-4-6-17(9-10-18)14-22-3)12-20(27)26-16(2)24-21(25-26)19-8-5-11-28-19;1-2/h4-5,7-12,22-23H,6,13-14H2,1-3H3;1-2H3/b15-12+;. The number of hydrogen-bond donors (Lipinski definition) is 2. The van der Waals surface area contributed by atoms with Gasteiger partial charge in [-0.15, -0.1) is 16.4 Å². The zero-order valence-corrected chi connectivity index (χ0v) is 19.2. The highest BCUT2D eigenvalue weighted by Gasteiger charge is 2.13. The van der Waals surface area contributed by atoms with Crippen LogP contribution in [0.1, 0.15) is 37.8 Å². The fraction of sp³-hybridized carbons (Fsp3) is 0.348. The van der Waals surface area contributed by atoms with E-state index in [1.165, 1.54) is 10.3 Å². The summed E-state index contributed by atoms with van der Waals surface area (Å²) in [4.78, 5) is 17.9. The van der Waals surface area contributed by atoms with Crippen LogP contribution in [0, 0.1) is 6.92 Å². The molecule has 0 aromatic carbocycles. The van der Waals surface area contributed by atoms with E-state index in [1.807, 2.05) is 45.3 Å². The summed E-state index contributed by atoms with van der Waals surface area (Å²) in [6, 6.07) is 3.89. The molecule has 1 aliphatic carbocycles. The first-order valence-electron chi connectivity index (χ1n) is 10.2. The molecule has 2 heterocycles. The molecule has 0 aliphatic heterocycles. The van der Waals surface area contributed by atoms with Crippen LogP contribution in [0.2, 0.25) is 0 Å². The average Bonchev–Trinajstić information content (AvgIpc) is 3.35. The van der Waals surface area contributed by atoms with Crippen LogP contribution in [0.4, 0.5) is 0 Å². The third kappa shape index (κ3) is 6.64. The van der Waals surface area contributed by atoms with Gasteiger partial charge in [-0.2, -0.15) is 4.68 Å². The van der Waals surface area contributed by atoms with Gasteiger partial charge < -0.3 is 10.6 Å². The summed E-state index contributed by atoms with van der Waals surface area (Å²) in [5.74, 6) is 0.985. The second-order valence-electron chi connectivity index (χ2n) is 6.64. The Kier molecular flexibility index (Phi) is 9.44. The van der Waals surface area contributed by atoms with Crippen molar-refractivity contribution in [2.75, 3.05) is 20.1 Å². The maximum atomic E-state index is 12.6. The molecule has 1 aliphatic rings. The third-order valence-electron chi connectivity index (χ3n) is 4.24. The Labute approximate surface area is 183 Å². The van der Waals surface area contributed by atoms with Crippen LogP contribution >= 0.6 is 11.3 Å². The van der Waals surface area contributed by atoms with Gasteiger partial charge in [0.2, 0.25) is 0 Å². The van der Waals surface area contributed by atoms with Gasteiger partial charge in [-0.05, 0) is 56.5 Å². The molecule has 7 heteroatoms. The Morgan fingerprint density at radius 2 is 2.13 bits per heavy atom. The largest absolute Gasteiger partial charge is 0.381 e. The molecular weight excluding hydrogens is 394 g/mol. The maximum absolute atomic E-state index is 12.6. The second-order valence-corrected chi connectivity index (χ2v) is 7.59. The number of allylic oxidation sites excluding steroid dienone is 5. The van der Waals surface area contributed by atoms with Crippen molar-refractivity contribution in [2.45, 2.75) is 34.1 Å². The van der Waals surface area contributed by atoms with E-state index in [0.717, 1.165) is 29.1 Å². The molecule has 0 spiro atoms. The summed E-state index contributed by atoms with van der Waals surface area (Å²) in [5.41, 5.74) is 3.29. The molecule has 2 aromatic rings. The van der Waals surface area contributed by atoms with Crippen LogP contribution in [0.3, 0.4) is 0 Å². The van der Waals surface area contributed by atoms with Gasteiger partial charge in [-0.1, -0.05) is 37.6 Å². The Balaban J connectivity index is 0.00000155. The first-order chi connectivity index (χ1) is 14.6. The number of likely N-dealkylation sites (N-methyl/N-ethyl adjacent to an activating group) is 1. The maximum Gasteiger partial charge on any atom is 0.272 e. The summed E-state index contributed by atoms with van der Waals surface area (Å²) in [6.07, 6.45) is 11.0. The minimum atomic E-state index is -0.186. The van der Waals surface area contributed by atoms with E-state index >= 15 is 0 Å². The Hall–Kier alpha value is -2.77. The number of aromatic nitrogens is 3. The fourth-order valence-corrected chi connectivity index (χ4v) is 3.47. The molecule has 0 saturated heterocycles. The van der Waals surface area contributed by atoms with Gasteiger partial charge in [0, 0.05) is 24.9 Å². The summed E-state index contributed by atoms with van der Waals surface area (Å²) < 4.78 is 1.36. The van der Waals surface area contributed by atoms with Crippen molar-refractivity contribution < 1.29 is 4.79 Å². The summed E-state index contributed by atoms with van der Waals surface area (Å²) >= 11 is 1.56. The fourth-order valence-electron chi connectivity index (χ4n) is 2.82. The van der Waals surface area contributed by atoms with Gasteiger partial charge in [0.15, 0.2) is 5.82 Å². The predicted molar refractivity (Wildman–Crippen MR) is 126 cm³/mol. The minimum absolute atomic E-state index is 0.186. The molecule has 2 aromatic heterocycles. The normalized spacial score (nSPS) is 13.7. The van der Waals surface area contributed by atoms with Crippen molar-refractivity contribution in [3.8, 4) is 10.7 Å². The van der Waals surface area contributed by atoms with Crippen LogP contribution < -0.4 is 10.6 Å². The number of nitrogens with zero attached hydrogens (tertiary/aromatic N) is 3. The molecule has 0 bridgehead atoms. The molecule has 0 atom stereocenters. The van der Waals surface area contributed by atoms with Crippen LogP contribution in [0.15, 0.2) is 64.7 Å². The molecule has 0 fully saturated rings. The highest BCUT2D eigenvalue weighted by molar-refractivity contribution is 7.13. The van der Waals surface area contributed by atoms with E-state index in [2.05, 4.69) is 45.0 Å². The summed E-state index contributed by atoms with van der Waals surface area (Å²) in [7, 11) is 1.95. The number of aryl methyl sites for hydroxylation is 1. The van der Waals surface area contributed by atoms with E-state index in [0.29, 0.717) is 18.2 Å². The summed E-state index contributed by atoms with van der Waals surface area (Å²) in [5, 5.41) is 12.9. The third-order valence-corrected chi connectivity index (χ3v) is 5.11. The lowest BCUT2D eigenvalue weighted by Gasteiger charge is -2.07. The van der Waals surface area contributed by atoms with E-state index in [-0.39, 0.29) is 5.91 Å². The topological polar surface area (TPSA) is 71.8 Å². The SMILES string of the molecule is CC.CNCC1=CC=C(NC/C(C)=C/C(=O)n2nc(-c3cccs3)nc2C)C=CC1. The highest BCUT2D eigenvalue weighted by atomic mass is 32.1. The summed E-state index contributed by atoms with van der Waals surface area (Å²) in [6.45, 7) is 9.19. The number of carbonyl (C=O) groups is 1. The molecule has 0 unspecified atom stereocenters. The van der Waals surface area contributed by atoms with Crippen molar-refractivity contribution in [1.82, 2.24) is 25.4 Å². The van der Waals surface area contributed by atoms with Crippen molar-refractivity contribution in [2.24, 2.45) is 0 Å². The zero-order chi connectivity index (χ0) is 21.9. The number of nitrogens with one attached hydrogen (secondary N) is 2. The van der Waals surface area contributed by atoms with Crippen molar-refractivity contribution in [3.63, 3.8) is 0 Å². The van der Waals surface area contributed by atoms with Gasteiger partial charge in [0.05, 0.1) is 4.88 Å². The molecular formula is C23H31N5OS. The van der Waals surface area contributed by atoms with Gasteiger partial charge in [-0.25, -0.2) is 4.98 Å². The van der Waals surface area contributed by atoms with E-state index in [1.54, 1.807) is 24.3 Å². The molecule has 160 valence electrons. The molecule has 0 radical (unpaired) electrons. The first kappa shape index (κ1) is 23.5. The van der Waals surface area contributed by atoms with Gasteiger partial charge in [0.1, 0.15) is 5.82 Å². The quantitative estimate of drug-likeness (QED) is 0.639. The number of carbonyl (C=O) groups excluding carboxylic acids is 1. The van der Waals surface area contributed by atoms with Gasteiger partial charge in [-0.3, -0.25) is 4.79 Å². The number of rotatable bonds is 7. The Bertz CT molecular complexity index is 948. The predicted octanol–water partition coefficient (Wildman–Crippen LogP) is 4.51. The van der Waals surface area contributed by atoms with Crippen LogP contribution in [0.25, 0.3) is 10.7 Å². The van der Waals surface area contributed by atoms with Crippen molar-refractivity contribution >= 4 is 17.2 Å². The molecule has 3 rings (SSSR count). The van der Waals surface area contributed by atoms with E-state index in [9.17, 15) is 4.79 Å². The lowest BCUT2D eigenvalue weighted by Crippen LogP contribution is -2.17. The van der Waals surface area contributed by atoms with E-state index < -0.39 is 0 Å². The minimum Gasteiger partial charge on any atom is -0.381 e. The molecule has 0 amide bonds.